The summed E-state index contributed by atoms with van der Waals surface area (Å²) >= 11 is 0. The van der Waals surface area contributed by atoms with Crippen molar-refractivity contribution in [1.29, 1.82) is 0 Å². The second kappa shape index (κ2) is 5.83. The number of nitrogens with one attached hydrogen (secondary N) is 2. The van der Waals surface area contributed by atoms with Crippen LogP contribution in [0.1, 0.15) is 27.2 Å². The molecule has 0 aliphatic heterocycles. The Bertz CT molecular complexity index is 469. The normalized spacial score (nSPS) is 24.0. The second-order valence-electron chi connectivity index (χ2n) is 5.80. The molecule has 1 amide bonds. The molecule has 1 saturated carbocycles. The van der Waals surface area contributed by atoms with Crippen molar-refractivity contribution in [1.82, 2.24) is 15.1 Å². The summed E-state index contributed by atoms with van der Waals surface area (Å²) in [5.74, 6) is -0.0555. The highest BCUT2D eigenvalue weighted by atomic mass is 16.5. The van der Waals surface area contributed by atoms with Crippen molar-refractivity contribution in [2.45, 2.75) is 45.9 Å². The number of aromatic nitrogens is 2. The number of ether oxygens (including phenoxy) is 1. The van der Waals surface area contributed by atoms with Crippen molar-refractivity contribution in [3.63, 3.8) is 0 Å². The lowest BCUT2D eigenvalue weighted by molar-refractivity contribution is -0.121. The van der Waals surface area contributed by atoms with Crippen LogP contribution in [0.4, 0.5) is 5.69 Å². The highest BCUT2D eigenvalue weighted by Crippen LogP contribution is 2.44. The third kappa shape index (κ3) is 2.95. The molecule has 0 bridgehead atoms. The molecule has 1 fully saturated rings. The summed E-state index contributed by atoms with van der Waals surface area (Å²) in [7, 11) is 1.62. The van der Waals surface area contributed by atoms with Gasteiger partial charge in [0, 0.05) is 31.3 Å². The Kier molecular flexibility index (Phi) is 4.32. The molecule has 2 unspecified atom stereocenters. The Morgan fingerprint density at radius 1 is 1.60 bits per heavy atom. The van der Waals surface area contributed by atoms with Gasteiger partial charge in [0.2, 0.25) is 5.91 Å². The number of amides is 1. The van der Waals surface area contributed by atoms with Gasteiger partial charge in [-0.05, 0) is 13.3 Å². The lowest BCUT2D eigenvalue weighted by atomic mass is 9.64. The lowest BCUT2D eigenvalue weighted by Crippen LogP contribution is -2.58. The zero-order chi connectivity index (χ0) is 14.8. The maximum Gasteiger partial charge on any atom is 0.241 e. The topological polar surface area (TPSA) is 68.2 Å². The lowest BCUT2D eigenvalue weighted by Gasteiger charge is -2.51. The number of hydrogen-bond donors (Lipinski definition) is 2. The first-order valence-corrected chi connectivity index (χ1v) is 7.08. The van der Waals surface area contributed by atoms with E-state index in [-0.39, 0.29) is 17.9 Å². The molecule has 2 N–H and O–H groups in total. The molecule has 0 radical (unpaired) electrons. The van der Waals surface area contributed by atoms with Crippen LogP contribution in [0.2, 0.25) is 0 Å². The van der Waals surface area contributed by atoms with Gasteiger partial charge in [0.05, 0.1) is 18.0 Å². The number of carbonyl (C=O) groups is 1. The number of anilines is 1. The third-order valence-electron chi connectivity index (χ3n) is 4.10. The molecule has 6 heteroatoms. The third-order valence-corrected chi connectivity index (χ3v) is 4.10. The second-order valence-corrected chi connectivity index (χ2v) is 5.80. The molecular formula is C14H24N4O2. The summed E-state index contributed by atoms with van der Waals surface area (Å²) in [6.07, 6.45) is 4.93. The predicted molar refractivity (Wildman–Crippen MR) is 77.5 cm³/mol. The summed E-state index contributed by atoms with van der Waals surface area (Å²) in [6, 6.07) is 0.372. The molecule has 6 nitrogen and oxygen atoms in total. The average molecular weight is 280 g/mol. The van der Waals surface area contributed by atoms with Crippen LogP contribution >= 0.6 is 0 Å². The Labute approximate surface area is 119 Å². The van der Waals surface area contributed by atoms with Crippen molar-refractivity contribution in [2.75, 3.05) is 19.0 Å². The van der Waals surface area contributed by atoms with Crippen molar-refractivity contribution < 1.29 is 9.53 Å². The molecule has 0 aromatic carbocycles. The van der Waals surface area contributed by atoms with Gasteiger partial charge in [0.15, 0.2) is 0 Å². The molecular weight excluding hydrogens is 256 g/mol. The molecule has 2 atom stereocenters. The minimum atomic E-state index is -0.0555. The van der Waals surface area contributed by atoms with E-state index in [9.17, 15) is 4.79 Å². The molecule has 112 valence electrons. The Hall–Kier alpha value is -1.56. The maximum absolute atomic E-state index is 11.3. The summed E-state index contributed by atoms with van der Waals surface area (Å²) in [4.78, 5) is 11.3. The standard InChI is InChI=1S/C14H24N4O2/c1-5-20-12-6-11(14(12,2)3)17-10-7-16-18(8-10)9-13(19)15-4/h7-8,11-12,17H,5-6,9H2,1-4H3,(H,15,19). The summed E-state index contributed by atoms with van der Waals surface area (Å²) in [6.45, 7) is 7.45. The molecule has 2 rings (SSSR count). The monoisotopic (exact) mass is 280 g/mol. The van der Waals surface area contributed by atoms with Gasteiger partial charge in [-0.25, -0.2) is 0 Å². The van der Waals surface area contributed by atoms with Gasteiger partial charge < -0.3 is 15.4 Å². The van der Waals surface area contributed by atoms with Crippen LogP contribution in [0.3, 0.4) is 0 Å². The molecule has 0 saturated heterocycles. The molecule has 1 aliphatic carbocycles. The molecule has 1 aromatic heterocycles. The fourth-order valence-corrected chi connectivity index (χ4v) is 2.57. The van der Waals surface area contributed by atoms with E-state index in [1.807, 2.05) is 13.1 Å². The quantitative estimate of drug-likeness (QED) is 0.823. The SMILES string of the molecule is CCOC1CC(Nc2cnn(CC(=O)NC)c2)C1(C)C. The minimum absolute atomic E-state index is 0.0555. The van der Waals surface area contributed by atoms with E-state index in [2.05, 4.69) is 29.6 Å². The van der Waals surface area contributed by atoms with Crippen LogP contribution in [-0.2, 0) is 16.1 Å². The molecule has 20 heavy (non-hydrogen) atoms. The van der Waals surface area contributed by atoms with Crippen molar-refractivity contribution in [3.8, 4) is 0 Å². The first kappa shape index (κ1) is 14.8. The smallest absolute Gasteiger partial charge is 0.241 e. The van der Waals surface area contributed by atoms with Crippen molar-refractivity contribution in [3.05, 3.63) is 12.4 Å². The van der Waals surface area contributed by atoms with Crippen LogP contribution in [-0.4, -0.2) is 41.5 Å². The number of likely N-dealkylation sites (N-methyl/N-ethyl adjacent to an activating group) is 1. The first-order chi connectivity index (χ1) is 9.47. The van der Waals surface area contributed by atoms with E-state index in [1.54, 1.807) is 17.9 Å². The molecule has 1 aliphatic rings. The Morgan fingerprint density at radius 3 is 2.95 bits per heavy atom. The zero-order valence-electron chi connectivity index (χ0n) is 12.6. The number of nitrogens with zero attached hydrogens (tertiary/aromatic N) is 2. The molecule has 1 heterocycles. The van der Waals surface area contributed by atoms with Gasteiger partial charge in [0.1, 0.15) is 6.54 Å². The zero-order valence-corrected chi connectivity index (χ0v) is 12.6. The van der Waals surface area contributed by atoms with Crippen LogP contribution in [0.5, 0.6) is 0 Å². The van der Waals surface area contributed by atoms with Crippen molar-refractivity contribution >= 4 is 11.6 Å². The summed E-state index contributed by atoms with van der Waals surface area (Å²) < 4.78 is 7.35. The van der Waals surface area contributed by atoms with E-state index in [1.165, 1.54) is 0 Å². The van der Waals surface area contributed by atoms with Crippen LogP contribution in [0.25, 0.3) is 0 Å². The number of carbonyl (C=O) groups excluding carboxylic acids is 1. The van der Waals surface area contributed by atoms with Gasteiger partial charge in [-0.3, -0.25) is 9.48 Å². The number of rotatable bonds is 6. The van der Waals surface area contributed by atoms with Gasteiger partial charge in [0.25, 0.3) is 0 Å². The van der Waals surface area contributed by atoms with E-state index in [4.69, 9.17) is 4.74 Å². The largest absolute Gasteiger partial charge is 0.379 e. The fraction of sp³-hybridized carbons (Fsp3) is 0.714. The highest BCUT2D eigenvalue weighted by Gasteiger charge is 2.48. The van der Waals surface area contributed by atoms with E-state index in [0.717, 1.165) is 18.7 Å². The Morgan fingerprint density at radius 2 is 2.35 bits per heavy atom. The molecule has 0 spiro atoms. The van der Waals surface area contributed by atoms with Gasteiger partial charge in [-0.15, -0.1) is 0 Å². The van der Waals surface area contributed by atoms with Crippen LogP contribution in [0, 0.1) is 5.41 Å². The van der Waals surface area contributed by atoms with E-state index < -0.39 is 0 Å². The summed E-state index contributed by atoms with van der Waals surface area (Å²) in [5, 5.41) is 10.2. The number of hydrogen-bond acceptors (Lipinski definition) is 4. The highest BCUT2D eigenvalue weighted by molar-refractivity contribution is 5.75. The van der Waals surface area contributed by atoms with Gasteiger partial charge >= 0.3 is 0 Å². The first-order valence-electron chi connectivity index (χ1n) is 7.08. The van der Waals surface area contributed by atoms with E-state index >= 15 is 0 Å². The van der Waals surface area contributed by atoms with Crippen LogP contribution < -0.4 is 10.6 Å². The fourth-order valence-electron chi connectivity index (χ4n) is 2.57. The van der Waals surface area contributed by atoms with Crippen molar-refractivity contribution in [2.24, 2.45) is 5.41 Å². The Balaban J connectivity index is 1.90. The molecule has 1 aromatic rings. The van der Waals surface area contributed by atoms with Gasteiger partial charge in [-0.2, -0.15) is 5.10 Å². The summed E-state index contributed by atoms with van der Waals surface area (Å²) in [5.41, 5.74) is 1.06. The van der Waals surface area contributed by atoms with Gasteiger partial charge in [-0.1, -0.05) is 13.8 Å². The average Bonchev–Trinajstić information content (AvgIpc) is 2.85. The van der Waals surface area contributed by atoms with Crippen LogP contribution in [0.15, 0.2) is 12.4 Å². The maximum atomic E-state index is 11.3. The minimum Gasteiger partial charge on any atom is -0.379 e. The van der Waals surface area contributed by atoms with E-state index in [0.29, 0.717) is 12.1 Å². The predicted octanol–water partition coefficient (Wildman–Crippen LogP) is 1.24.